The second-order valence-corrected chi connectivity index (χ2v) is 7.78. The van der Waals surface area contributed by atoms with E-state index in [-0.39, 0.29) is 11.9 Å². The van der Waals surface area contributed by atoms with Crippen LogP contribution in [0.2, 0.25) is 0 Å². The van der Waals surface area contributed by atoms with Crippen LogP contribution in [0.4, 0.5) is 0 Å². The Morgan fingerprint density at radius 1 is 1.09 bits per heavy atom. The molecule has 0 radical (unpaired) electrons. The van der Waals surface area contributed by atoms with E-state index in [0.717, 1.165) is 33.9 Å². The number of ether oxygens (including phenoxy) is 2. The van der Waals surface area contributed by atoms with Gasteiger partial charge in [0.15, 0.2) is 0 Å². The topological polar surface area (TPSA) is 77.3 Å². The molecule has 2 heterocycles. The number of carbonyl (C=O) groups excluding carboxylic acids is 1. The minimum atomic E-state index is -0.336. The fourth-order valence-electron chi connectivity index (χ4n) is 3.72. The lowest BCUT2D eigenvalue weighted by atomic mass is 9.94. The molecule has 1 atom stereocenters. The van der Waals surface area contributed by atoms with Crippen molar-refractivity contribution in [1.82, 2.24) is 9.97 Å². The van der Waals surface area contributed by atoms with Crippen LogP contribution in [0.1, 0.15) is 35.4 Å². The first-order valence-corrected chi connectivity index (χ1v) is 11.2. The molecular weight excluding hydrogens is 416 g/mol. The third-order valence-electron chi connectivity index (χ3n) is 5.48. The largest absolute Gasteiger partial charge is 0.493 e. The van der Waals surface area contributed by atoms with E-state index in [0.29, 0.717) is 31.9 Å². The lowest BCUT2D eigenvalue weighted by Gasteiger charge is -2.15. The van der Waals surface area contributed by atoms with Crippen LogP contribution in [0.25, 0.3) is 11.5 Å². The number of nitrogens with zero attached hydrogens (tertiary/aromatic N) is 1. The van der Waals surface area contributed by atoms with E-state index in [2.05, 4.69) is 9.97 Å². The highest BCUT2D eigenvalue weighted by Gasteiger charge is 2.23. The van der Waals surface area contributed by atoms with E-state index in [1.54, 1.807) is 0 Å². The average molecular weight is 445 g/mol. The molecule has 1 N–H and O–H groups in total. The van der Waals surface area contributed by atoms with Gasteiger partial charge in [-0.2, -0.15) is 0 Å². The monoisotopic (exact) mass is 444 g/mol. The van der Waals surface area contributed by atoms with Crippen LogP contribution in [0.5, 0.6) is 5.75 Å². The molecule has 0 bridgehead atoms. The quantitative estimate of drug-likeness (QED) is 0.327. The van der Waals surface area contributed by atoms with Gasteiger partial charge >= 0.3 is 5.97 Å². The first-order valence-electron chi connectivity index (χ1n) is 11.2. The number of nitrogens with one attached hydrogen (secondary N) is 1. The molecule has 0 aliphatic carbocycles. The molecule has 0 aliphatic heterocycles. The molecule has 0 fully saturated rings. The molecule has 0 spiro atoms. The van der Waals surface area contributed by atoms with Gasteiger partial charge in [0.1, 0.15) is 11.5 Å². The second-order valence-electron chi connectivity index (χ2n) is 7.78. The SMILES string of the molecule is CCOC(=O)C(Cc1ccc(OCCc2nc(-c3ccccc3)oc2C)cc1)c1cc[nH]c1. The van der Waals surface area contributed by atoms with Crippen LogP contribution in [-0.2, 0) is 22.4 Å². The maximum absolute atomic E-state index is 12.4. The van der Waals surface area contributed by atoms with E-state index in [9.17, 15) is 4.79 Å². The van der Waals surface area contributed by atoms with Crippen molar-refractivity contribution in [2.24, 2.45) is 0 Å². The highest BCUT2D eigenvalue weighted by atomic mass is 16.5. The van der Waals surface area contributed by atoms with Crippen LogP contribution < -0.4 is 4.74 Å². The normalized spacial score (nSPS) is 11.8. The summed E-state index contributed by atoms with van der Waals surface area (Å²) in [5, 5.41) is 0. The Morgan fingerprint density at radius 2 is 1.88 bits per heavy atom. The number of hydrogen-bond acceptors (Lipinski definition) is 5. The van der Waals surface area contributed by atoms with Crippen molar-refractivity contribution in [3.8, 4) is 17.2 Å². The molecule has 6 nitrogen and oxygen atoms in total. The predicted octanol–water partition coefficient (Wildman–Crippen LogP) is 5.49. The number of esters is 1. The zero-order valence-electron chi connectivity index (χ0n) is 18.9. The Kier molecular flexibility index (Phi) is 7.25. The first-order chi connectivity index (χ1) is 16.1. The predicted molar refractivity (Wildman–Crippen MR) is 126 cm³/mol. The molecule has 0 aliphatic rings. The highest BCUT2D eigenvalue weighted by molar-refractivity contribution is 5.78. The summed E-state index contributed by atoms with van der Waals surface area (Å²) in [4.78, 5) is 20.1. The van der Waals surface area contributed by atoms with Crippen LogP contribution in [-0.4, -0.2) is 29.2 Å². The Balaban J connectivity index is 1.33. The minimum Gasteiger partial charge on any atom is -0.493 e. The van der Waals surface area contributed by atoms with Crippen molar-refractivity contribution in [3.63, 3.8) is 0 Å². The summed E-state index contributed by atoms with van der Waals surface area (Å²) < 4.78 is 17.0. The van der Waals surface area contributed by atoms with Crippen molar-refractivity contribution in [3.05, 3.63) is 95.6 Å². The Bertz CT molecular complexity index is 1150. The Labute approximate surface area is 193 Å². The molecular formula is C27H28N2O4. The summed E-state index contributed by atoms with van der Waals surface area (Å²) >= 11 is 0. The molecule has 2 aromatic carbocycles. The second kappa shape index (κ2) is 10.7. The number of carbonyl (C=O) groups is 1. The number of aromatic nitrogens is 2. The molecule has 170 valence electrons. The number of aryl methyl sites for hydroxylation is 1. The summed E-state index contributed by atoms with van der Waals surface area (Å²) in [6.07, 6.45) is 4.88. The van der Waals surface area contributed by atoms with Crippen LogP contribution in [0.15, 0.2) is 77.5 Å². The lowest BCUT2D eigenvalue weighted by Crippen LogP contribution is -2.18. The van der Waals surface area contributed by atoms with Gasteiger partial charge < -0.3 is 18.9 Å². The molecule has 1 unspecified atom stereocenters. The van der Waals surface area contributed by atoms with Gasteiger partial charge in [0.05, 0.1) is 24.8 Å². The molecule has 4 aromatic rings. The van der Waals surface area contributed by atoms with Crippen LogP contribution in [0.3, 0.4) is 0 Å². The maximum atomic E-state index is 12.4. The number of H-pyrrole nitrogens is 1. The molecule has 33 heavy (non-hydrogen) atoms. The standard InChI is InChI=1S/C27H28N2O4/c1-3-31-27(30)24(22-13-15-28-18-22)17-20-9-11-23(12-10-20)32-16-14-25-19(2)33-26(29-25)21-7-5-4-6-8-21/h4-13,15,18,24,28H,3,14,16-17H2,1-2H3. The number of hydrogen-bond donors (Lipinski definition) is 1. The lowest BCUT2D eigenvalue weighted by molar-refractivity contribution is -0.144. The fraction of sp³-hybridized carbons (Fsp3) is 0.259. The van der Waals surface area contributed by atoms with Crippen molar-refractivity contribution in [2.75, 3.05) is 13.2 Å². The van der Waals surface area contributed by atoms with Crippen LogP contribution in [0, 0.1) is 6.92 Å². The van der Waals surface area contributed by atoms with Gasteiger partial charge in [0, 0.05) is 24.4 Å². The van der Waals surface area contributed by atoms with Gasteiger partial charge in [-0.05, 0) is 61.7 Å². The molecule has 2 aromatic heterocycles. The van der Waals surface area contributed by atoms with Gasteiger partial charge in [-0.15, -0.1) is 0 Å². The van der Waals surface area contributed by atoms with E-state index >= 15 is 0 Å². The van der Waals surface area contributed by atoms with Gasteiger partial charge in [0.2, 0.25) is 5.89 Å². The van der Waals surface area contributed by atoms with Gasteiger partial charge in [-0.25, -0.2) is 4.98 Å². The fourth-order valence-corrected chi connectivity index (χ4v) is 3.72. The zero-order chi connectivity index (χ0) is 23.0. The smallest absolute Gasteiger partial charge is 0.313 e. The third-order valence-corrected chi connectivity index (χ3v) is 5.48. The average Bonchev–Trinajstić information content (AvgIpc) is 3.49. The first kappa shape index (κ1) is 22.4. The van der Waals surface area contributed by atoms with Crippen molar-refractivity contribution >= 4 is 5.97 Å². The highest BCUT2D eigenvalue weighted by Crippen LogP contribution is 2.25. The summed E-state index contributed by atoms with van der Waals surface area (Å²) in [6.45, 7) is 4.61. The van der Waals surface area contributed by atoms with E-state index in [1.165, 1.54) is 0 Å². The van der Waals surface area contributed by atoms with Gasteiger partial charge in [-0.3, -0.25) is 4.79 Å². The summed E-state index contributed by atoms with van der Waals surface area (Å²) in [5.41, 5.74) is 3.83. The Hall–Kier alpha value is -3.80. The molecule has 4 rings (SSSR count). The summed E-state index contributed by atoms with van der Waals surface area (Å²) in [7, 11) is 0. The molecule has 6 heteroatoms. The minimum absolute atomic E-state index is 0.213. The Morgan fingerprint density at radius 3 is 2.58 bits per heavy atom. The van der Waals surface area contributed by atoms with E-state index in [4.69, 9.17) is 13.9 Å². The van der Waals surface area contributed by atoms with Crippen molar-refractivity contribution in [1.29, 1.82) is 0 Å². The van der Waals surface area contributed by atoms with Crippen molar-refractivity contribution < 1.29 is 18.7 Å². The summed E-state index contributed by atoms with van der Waals surface area (Å²) in [5.74, 6) is 1.67. The number of oxazole rings is 1. The number of rotatable bonds is 10. The maximum Gasteiger partial charge on any atom is 0.313 e. The number of aromatic amines is 1. The van der Waals surface area contributed by atoms with Gasteiger partial charge in [0.25, 0.3) is 0 Å². The molecule has 0 saturated heterocycles. The number of benzene rings is 2. The zero-order valence-corrected chi connectivity index (χ0v) is 18.9. The summed E-state index contributed by atoms with van der Waals surface area (Å²) in [6, 6.07) is 19.6. The third kappa shape index (κ3) is 5.71. The molecule has 0 saturated carbocycles. The van der Waals surface area contributed by atoms with Gasteiger partial charge in [-0.1, -0.05) is 30.3 Å². The van der Waals surface area contributed by atoms with Crippen molar-refractivity contribution in [2.45, 2.75) is 32.6 Å². The van der Waals surface area contributed by atoms with Crippen LogP contribution >= 0.6 is 0 Å². The van der Waals surface area contributed by atoms with E-state index in [1.807, 2.05) is 86.9 Å². The van der Waals surface area contributed by atoms with E-state index < -0.39 is 0 Å². The molecule has 0 amide bonds.